The van der Waals surface area contributed by atoms with E-state index in [0.29, 0.717) is 5.82 Å². The summed E-state index contributed by atoms with van der Waals surface area (Å²) in [5.41, 5.74) is 12.2. The highest BCUT2D eigenvalue weighted by molar-refractivity contribution is 6.18. The third-order valence-electron chi connectivity index (χ3n) is 9.28. The molecule has 3 nitrogen and oxygen atoms in total. The first-order chi connectivity index (χ1) is 24.8. The summed E-state index contributed by atoms with van der Waals surface area (Å²) in [5.74, 6) is 0.675. The Hall–Kier alpha value is -6.71. The number of benzene rings is 7. The number of fused-ring (bicyclic) bond motifs is 3. The molecule has 0 saturated carbocycles. The quantitative estimate of drug-likeness (QED) is 0.170. The zero-order valence-electron chi connectivity index (χ0n) is 27.2. The Balaban J connectivity index is 1.33. The Morgan fingerprint density at radius 1 is 0.300 bits per heavy atom. The van der Waals surface area contributed by atoms with Gasteiger partial charge in [0.25, 0.3) is 0 Å². The molecule has 2 heterocycles. The van der Waals surface area contributed by atoms with E-state index in [4.69, 9.17) is 15.0 Å². The average molecular weight is 638 g/mol. The van der Waals surface area contributed by atoms with E-state index in [1.165, 1.54) is 11.1 Å². The van der Waals surface area contributed by atoms with Crippen molar-refractivity contribution in [3.8, 4) is 67.4 Å². The maximum Gasteiger partial charge on any atom is 0.160 e. The van der Waals surface area contributed by atoms with Gasteiger partial charge in [-0.3, -0.25) is 0 Å². The first-order valence-corrected chi connectivity index (χ1v) is 16.9. The van der Waals surface area contributed by atoms with Crippen LogP contribution in [-0.2, 0) is 0 Å². The van der Waals surface area contributed by atoms with Crippen molar-refractivity contribution >= 4 is 21.7 Å². The van der Waals surface area contributed by atoms with Gasteiger partial charge < -0.3 is 0 Å². The molecule has 2 aromatic heterocycles. The van der Waals surface area contributed by atoms with E-state index in [2.05, 4.69) is 158 Å². The van der Waals surface area contributed by atoms with Crippen LogP contribution in [0.5, 0.6) is 0 Å². The Morgan fingerprint density at radius 2 is 0.780 bits per heavy atom. The Bertz CT molecular complexity index is 2600. The van der Waals surface area contributed by atoms with Gasteiger partial charge in [-0.25, -0.2) is 15.0 Å². The summed E-state index contributed by atoms with van der Waals surface area (Å²) < 4.78 is 0. The number of hydrogen-bond acceptors (Lipinski definition) is 3. The maximum absolute atomic E-state index is 5.45. The number of nitrogens with zero attached hydrogens (tertiary/aromatic N) is 3. The third kappa shape index (κ3) is 5.51. The van der Waals surface area contributed by atoms with Gasteiger partial charge in [-0.15, -0.1) is 0 Å². The second-order valence-electron chi connectivity index (χ2n) is 12.4. The number of aromatic nitrogens is 3. The zero-order valence-corrected chi connectivity index (χ0v) is 27.2. The minimum Gasteiger partial charge on any atom is -0.247 e. The van der Waals surface area contributed by atoms with Crippen LogP contribution in [0.2, 0.25) is 0 Å². The Morgan fingerprint density at radius 3 is 1.46 bits per heavy atom. The van der Waals surface area contributed by atoms with Gasteiger partial charge in [0.15, 0.2) is 5.82 Å². The SMILES string of the molecule is c1ccc(-c2ccc(-c3cc(-c4cc5ccccc5c5c(-c6ccccc6)cc(-c6ccccc6)nc45)nc(-c4ccccc4)n3)cc2)cc1. The number of hydrogen-bond donors (Lipinski definition) is 0. The molecule has 0 aliphatic heterocycles. The normalized spacial score (nSPS) is 11.2. The fraction of sp³-hybridized carbons (Fsp3) is 0. The second kappa shape index (κ2) is 12.7. The van der Waals surface area contributed by atoms with Crippen LogP contribution in [0.4, 0.5) is 0 Å². The molecule has 9 rings (SSSR count). The molecular weight excluding hydrogens is 607 g/mol. The average Bonchev–Trinajstić information content (AvgIpc) is 3.21. The highest BCUT2D eigenvalue weighted by Gasteiger charge is 2.19. The molecule has 9 aromatic rings. The minimum absolute atomic E-state index is 0.675. The highest BCUT2D eigenvalue weighted by atomic mass is 14.9. The molecule has 50 heavy (non-hydrogen) atoms. The molecule has 0 amide bonds. The van der Waals surface area contributed by atoms with Crippen LogP contribution in [0.3, 0.4) is 0 Å². The predicted molar refractivity (Wildman–Crippen MR) is 207 cm³/mol. The molecule has 0 spiro atoms. The highest BCUT2D eigenvalue weighted by Crippen LogP contribution is 2.42. The van der Waals surface area contributed by atoms with Gasteiger partial charge >= 0.3 is 0 Å². The molecule has 0 radical (unpaired) electrons. The van der Waals surface area contributed by atoms with Gasteiger partial charge in [-0.2, -0.15) is 0 Å². The van der Waals surface area contributed by atoms with E-state index < -0.39 is 0 Å². The van der Waals surface area contributed by atoms with E-state index in [-0.39, 0.29) is 0 Å². The van der Waals surface area contributed by atoms with Gasteiger partial charge in [0.2, 0.25) is 0 Å². The second-order valence-corrected chi connectivity index (χ2v) is 12.4. The molecule has 0 bridgehead atoms. The number of pyridine rings is 1. The lowest BCUT2D eigenvalue weighted by molar-refractivity contribution is 1.18. The van der Waals surface area contributed by atoms with Crippen LogP contribution in [-0.4, -0.2) is 15.0 Å². The standard InChI is InChI=1S/C47H31N3/c1-5-15-32(16-6-1)33-25-27-36(28-26-33)43-31-44(50-47(49-43)37-21-11-4-12-22-37)41-29-38-23-13-14-24-39(38)45-40(34-17-7-2-8-18-34)30-42(48-46(41)45)35-19-9-3-10-20-35/h1-31H. The Kier molecular flexibility index (Phi) is 7.49. The summed E-state index contributed by atoms with van der Waals surface area (Å²) in [6.07, 6.45) is 0. The van der Waals surface area contributed by atoms with E-state index in [9.17, 15) is 0 Å². The lowest BCUT2D eigenvalue weighted by atomic mass is 9.91. The smallest absolute Gasteiger partial charge is 0.160 e. The topological polar surface area (TPSA) is 38.7 Å². The van der Waals surface area contributed by atoms with Gasteiger partial charge in [0.05, 0.1) is 22.6 Å². The lowest BCUT2D eigenvalue weighted by Crippen LogP contribution is -1.98. The van der Waals surface area contributed by atoms with E-state index >= 15 is 0 Å². The van der Waals surface area contributed by atoms with Crippen molar-refractivity contribution in [2.24, 2.45) is 0 Å². The molecule has 0 unspecified atom stereocenters. The van der Waals surface area contributed by atoms with Crippen LogP contribution < -0.4 is 0 Å². The largest absolute Gasteiger partial charge is 0.247 e. The molecule has 7 aromatic carbocycles. The van der Waals surface area contributed by atoms with Gasteiger partial charge in [0, 0.05) is 27.6 Å². The van der Waals surface area contributed by atoms with Crippen LogP contribution in [0.25, 0.3) is 89.1 Å². The summed E-state index contributed by atoms with van der Waals surface area (Å²) in [4.78, 5) is 15.9. The lowest BCUT2D eigenvalue weighted by Gasteiger charge is -2.17. The first-order valence-electron chi connectivity index (χ1n) is 16.9. The molecular formula is C47H31N3. The molecule has 3 heteroatoms. The summed E-state index contributed by atoms with van der Waals surface area (Å²) in [7, 11) is 0. The van der Waals surface area contributed by atoms with Crippen molar-refractivity contribution in [3.63, 3.8) is 0 Å². The minimum atomic E-state index is 0.675. The van der Waals surface area contributed by atoms with Gasteiger partial charge in [-0.05, 0) is 51.2 Å². The van der Waals surface area contributed by atoms with Crippen LogP contribution in [0.1, 0.15) is 0 Å². The van der Waals surface area contributed by atoms with E-state index in [1.807, 2.05) is 30.3 Å². The summed E-state index contributed by atoms with van der Waals surface area (Å²) in [6, 6.07) is 65.6. The molecule has 0 aliphatic rings. The first kappa shape index (κ1) is 29.4. The maximum atomic E-state index is 5.45. The van der Waals surface area contributed by atoms with Crippen LogP contribution >= 0.6 is 0 Å². The van der Waals surface area contributed by atoms with Crippen molar-refractivity contribution in [1.82, 2.24) is 15.0 Å². The van der Waals surface area contributed by atoms with Crippen molar-refractivity contribution in [2.75, 3.05) is 0 Å². The number of rotatable bonds is 6. The summed E-state index contributed by atoms with van der Waals surface area (Å²) >= 11 is 0. The molecule has 0 atom stereocenters. The Labute approximate surface area is 291 Å². The van der Waals surface area contributed by atoms with Gasteiger partial charge in [0.1, 0.15) is 0 Å². The monoisotopic (exact) mass is 637 g/mol. The molecule has 0 saturated heterocycles. The van der Waals surface area contributed by atoms with Crippen molar-refractivity contribution in [2.45, 2.75) is 0 Å². The van der Waals surface area contributed by atoms with Gasteiger partial charge in [-0.1, -0.05) is 170 Å². The molecule has 234 valence electrons. The van der Waals surface area contributed by atoms with Crippen LogP contribution in [0, 0.1) is 0 Å². The summed E-state index contributed by atoms with van der Waals surface area (Å²) in [6.45, 7) is 0. The fourth-order valence-electron chi connectivity index (χ4n) is 6.80. The van der Waals surface area contributed by atoms with Crippen molar-refractivity contribution < 1.29 is 0 Å². The predicted octanol–water partition coefficient (Wildman–Crippen LogP) is 12.2. The van der Waals surface area contributed by atoms with Crippen molar-refractivity contribution in [3.05, 3.63) is 188 Å². The molecule has 0 fully saturated rings. The zero-order chi connectivity index (χ0) is 33.3. The van der Waals surface area contributed by atoms with Crippen molar-refractivity contribution in [1.29, 1.82) is 0 Å². The molecule has 0 N–H and O–H groups in total. The van der Waals surface area contributed by atoms with E-state index in [0.717, 1.165) is 72.1 Å². The molecule has 0 aliphatic carbocycles. The van der Waals surface area contributed by atoms with E-state index in [1.54, 1.807) is 0 Å². The van der Waals surface area contributed by atoms with Crippen LogP contribution in [0.15, 0.2) is 188 Å². The fourth-order valence-corrected chi connectivity index (χ4v) is 6.80. The third-order valence-corrected chi connectivity index (χ3v) is 9.28. The summed E-state index contributed by atoms with van der Waals surface area (Å²) in [5, 5.41) is 3.40.